The van der Waals surface area contributed by atoms with Gasteiger partial charge >= 0.3 is 6.03 Å². The lowest BCUT2D eigenvalue weighted by Gasteiger charge is -2.38. The van der Waals surface area contributed by atoms with Crippen LogP contribution >= 0.6 is 23.2 Å². The Morgan fingerprint density at radius 1 is 1.00 bits per heavy atom. The Morgan fingerprint density at radius 2 is 1.56 bits per heavy atom. The number of anilines is 3. The van der Waals surface area contributed by atoms with Gasteiger partial charge in [0.2, 0.25) is 0 Å². The van der Waals surface area contributed by atoms with Crippen LogP contribution in [0, 0.1) is 0 Å². The second-order valence-corrected chi connectivity index (χ2v) is 6.79. The molecule has 2 aromatic carbocycles. The molecule has 1 aliphatic heterocycles. The first kappa shape index (κ1) is 17.7. The molecule has 1 heterocycles. The van der Waals surface area contributed by atoms with Crippen molar-refractivity contribution < 1.29 is 4.79 Å². The summed E-state index contributed by atoms with van der Waals surface area (Å²) in [5, 5.41) is 0.924. The number of carbonyl (C=O) groups is 1. The molecule has 0 bridgehead atoms. The minimum atomic E-state index is -0.105. The zero-order valence-corrected chi connectivity index (χ0v) is 15.5. The molecule has 0 unspecified atom stereocenters. The van der Waals surface area contributed by atoms with Crippen LogP contribution in [-0.4, -0.2) is 44.2 Å². The van der Waals surface area contributed by atoms with Crippen LogP contribution < -0.4 is 15.5 Å². The topological polar surface area (TPSA) is 52.8 Å². The molecule has 2 aromatic rings. The third-order valence-electron chi connectivity index (χ3n) is 4.37. The lowest BCUT2D eigenvalue weighted by atomic mass is 10.2. The minimum Gasteiger partial charge on any atom is -0.399 e. The molecule has 1 aliphatic rings. The minimum absolute atomic E-state index is 0.105. The normalized spacial score (nSPS) is 14.5. The Morgan fingerprint density at radius 3 is 2.12 bits per heavy atom. The number of carbonyl (C=O) groups excluding carboxylic acids is 1. The first-order chi connectivity index (χ1) is 12.0. The van der Waals surface area contributed by atoms with E-state index in [0.29, 0.717) is 28.8 Å². The molecule has 1 fully saturated rings. The summed E-state index contributed by atoms with van der Waals surface area (Å²) in [6.45, 7) is 2.80. The number of hydrogen-bond acceptors (Lipinski definition) is 3. The zero-order valence-electron chi connectivity index (χ0n) is 14.0. The largest absolute Gasteiger partial charge is 0.399 e. The van der Waals surface area contributed by atoms with E-state index in [-0.39, 0.29) is 6.03 Å². The summed E-state index contributed by atoms with van der Waals surface area (Å²) in [4.78, 5) is 18.4. The van der Waals surface area contributed by atoms with Crippen LogP contribution in [0.1, 0.15) is 0 Å². The Bertz CT molecular complexity index is 738. The van der Waals surface area contributed by atoms with Crippen LogP contribution in [0.15, 0.2) is 42.5 Å². The van der Waals surface area contributed by atoms with Crippen LogP contribution in [0.3, 0.4) is 0 Å². The van der Waals surface area contributed by atoms with Crippen molar-refractivity contribution in [2.24, 2.45) is 0 Å². The highest BCUT2D eigenvalue weighted by Crippen LogP contribution is 2.33. The summed E-state index contributed by atoms with van der Waals surface area (Å²) in [5.41, 5.74) is 8.13. The molecule has 25 heavy (non-hydrogen) atoms. The quantitative estimate of drug-likeness (QED) is 0.804. The molecule has 132 valence electrons. The predicted octanol–water partition coefficient (Wildman–Crippen LogP) is 3.95. The van der Waals surface area contributed by atoms with E-state index in [0.717, 1.165) is 24.5 Å². The van der Waals surface area contributed by atoms with Gasteiger partial charge in [-0.2, -0.15) is 0 Å². The van der Waals surface area contributed by atoms with Crippen molar-refractivity contribution in [3.05, 3.63) is 52.5 Å². The number of nitrogens with two attached hydrogens (primary N) is 1. The highest BCUT2D eigenvalue weighted by Gasteiger charge is 2.26. The molecule has 0 radical (unpaired) electrons. The Balaban J connectivity index is 1.66. The third-order valence-corrected chi connectivity index (χ3v) is 4.98. The van der Waals surface area contributed by atoms with Gasteiger partial charge in [0.1, 0.15) is 0 Å². The van der Waals surface area contributed by atoms with E-state index in [1.807, 2.05) is 29.2 Å². The molecule has 2 amide bonds. The smallest absolute Gasteiger partial charge is 0.324 e. The van der Waals surface area contributed by atoms with Gasteiger partial charge < -0.3 is 15.5 Å². The monoisotopic (exact) mass is 378 g/mol. The van der Waals surface area contributed by atoms with E-state index in [1.165, 1.54) is 4.90 Å². The van der Waals surface area contributed by atoms with Gasteiger partial charge in [-0.25, -0.2) is 4.79 Å². The van der Waals surface area contributed by atoms with Crippen molar-refractivity contribution in [3.63, 3.8) is 0 Å². The first-order valence-electron chi connectivity index (χ1n) is 8.04. The maximum atomic E-state index is 12.8. The van der Waals surface area contributed by atoms with E-state index >= 15 is 0 Å². The van der Waals surface area contributed by atoms with Crippen molar-refractivity contribution in [1.29, 1.82) is 0 Å². The molecular weight excluding hydrogens is 359 g/mol. The average molecular weight is 379 g/mol. The summed E-state index contributed by atoms with van der Waals surface area (Å²) in [7, 11) is 1.70. The summed E-state index contributed by atoms with van der Waals surface area (Å²) in [5.74, 6) is 0. The molecule has 0 atom stereocenters. The lowest BCUT2D eigenvalue weighted by molar-refractivity contribution is 0.202. The predicted molar refractivity (Wildman–Crippen MR) is 105 cm³/mol. The van der Waals surface area contributed by atoms with Gasteiger partial charge in [-0.05, 0) is 36.4 Å². The second kappa shape index (κ2) is 7.42. The second-order valence-electron chi connectivity index (χ2n) is 5.98. The van der Waals surface area contributed by atoms with Gasteiger partial charge in [-0.3, -0.25) is 4.90 Å². The number of piperazine rings is 1. The molecule has 1 saturated heterocycles. The van der Waals surface area contributed by atoms with Gasteiger partial charge in [-0.15, -0.1) is 0 Å². The van der Waals surface area contributed by atoms with Crippen LogP contribution in [0.2, 0.25) is 10.0 Å². The van der Waals surface area contributed by atoms with Gasteiger partial charge in [0, 0.05) is 44.6 Å². The molecule has 0 aromatic heterocycles. The first-order valence-corrected chi connectivity index (χ1v) is 8.80. The number of para-hydroxylation sites is 1. The summed E-state index contributed by atoms with van der Waals surface area (Å²) in [6.07, 6.45) is 0. The van der Waals surface area contributed by atoms with Crippen LogP contribution in [0.4, 0.5) is 21.9 Å². The molecule has 5 nitrogen and oxygen atoms in total. The van der Waals surface area contributed by atoms with Crippen molar-refractivity contribution in [2.45, 2.75) is 0 Å². The zero-order chi connectivity index (χ0) is 18.0. The lowest BCUT2D eigenvalue weighted by Crippen LogP contribution is -2.52. The van der Waals surface area contributed by atoms with Gasteiger partial charge in [0.25, 0.3) is 0 Å². The van der Waals surface area contributed by atoms with E-state index < -0.39 is 0 Å². The van der Waals surface area contributed by atoms with E-state index in [2.05, 4.69) is 4.90 Å². The van der Waals surface area contributed by atoms with Crippen LogP contribution in [0.5, 0.6) is 0 Å². The number of hydrogen-bond donors (Lipinski definition) is 1. The number of nitrogens with zero attached hydrogens (tertiary/aromatic N) is 3. The Hall–Kier alpha value is -2.11. The summed E-state index contributed by atoms with van der Waals surface area (Å²) in [6, 6.07) is 12.9. The summed E-state index contributed by atoms with van der Waals surface area (Å²) < 4.78 is 0. The molecule has 2 N–H and O–H groups in total. The van der Waals surface area contributed by atoms with Crippen LogP contribution in [-0.2, 0) is 0 Å². The summed E-state index contributed by atoms with van der Waals surface area (Å²) >= 11 is 12.4. The fourth-order valence-corrected chi connectivity index (χ4v) is 3.61. The number of urea groups is 1. The Kier molecular flexibility index (Phi) is 5.25. The molecule has 0 aliphatic carbocycles. The van der Waals surface area contributed by atoms with Gasteiger partial charge in [0.15, 0.2) is 0 Å². The van der Waals surface area contributed by atoms with Crippen molar-refractivity contribution in [3.8, 4) is 0 Å². The number of halogens is 2. The fraction of sp³-hybridized carbons (Fsp3) is 0.278. The maximum absolute atomic E-state index is 12.8. The van der Waals surface area contributed by atoms with Crippen molar-refractivity contribution >= 4 is 46.3 Å². The van der Waals surface area contributed by atoms with Gasteiger partial charge in [-0.1, -0.05) is 29.3 Å². The van der Waals surface area contributed by atoms with Crippen LogP contribution in [0.25, 0.3) is 0 Å². The van der Waals surface area contributed by atoms with E-state index in [4.69, 9.17) is 28.9 Å². The number of amides is 2. The average Bonchev–Trinajstić information content (AvgIpc) is 2.61. The highest BCUT2D eigenvalue weighted by molar-refractivity contribution is 6.39. The highest BCUT2D eigenvalue weighted by atomic mass is 35.5. The maximum Gasteiger partial charge on any atom is 0.324 e. The van der Waals surface area contributed by atoms with Gasteiger partial charge in [0.05, 0.1) is 15.7 Å². The fourth-order valence-electron chi connectivity index (χ4n) is 2.96. The van der Waals surface area contributed by atoms with Crippen molar-refractivity contribution in [2.75, 3.05) is 48.8 Å². The number of rotatable bonds is 2. The molecular formula is C18H20Cl2N4O. The number of nitrogen functional groups attached to an aromatic ring is 1. The molecule has 0 saturated carbocycles. The van der Waals surface area contributed by atoms with Crippen molar-refractivity contribution in [1.82, 2.24) is 4.90 Å². The third kappa shape index (κ3) is 3.78. The SMILES string of the molecule is CN(C(=O)N1CCN(c2ccc(N)cc2)CC1)c1c(Cl)cccc1Cl. The molecule has 3 rings (SSSR count). The van der Waals surface area contributed by atoms with E-state index in [1.54, 1.807) is 25.2 Å². The number of benzene rings is 2. The molecule has 0 spiro atoms. The van der Waals surface area contributed by atoms with E-state index in [9.17, 15) is 4.79 Å². The Labute approximate surface area is 157 Å². The molecule has 7 heteroatoms. The standard InChI is InChI=1S/C18H20Cl2N4O/c1-22(17-15(19)3-2-4-16(17)20)18(25)24-11-9-23(10-12-24)14-7-5-13(21)6-8-14/h2-8H,9-12,21H2,1H3.